The van der Waals surface area contributed by atoms with Crippen LogP contribution < -0.4 is 5.32 Å². The van der Waals surface area contributed by atoms with Gasteiger partial charge in [0.1, 0.15) is 0 Å². The summed E-state index contributed by atoms with van der Waals surface area (Å²) in [4.78, 5) is 11.8. The van der Waals surface area contributed by atoms with Gasteiger partial charge in [-0.3, -0.25) is 4.79 Å². The standard InChI is InChI=1S/C14H17BrClNO/c15-12-4-1-10(2-5-12)8-14(18)17-9-11-3-6-13(16)7-11/h1-2,4-5,11,13H,3,6-9H2,(H,17,18). The molecular formula is C14H17BrClNO. The Balaban J connectivity index is 1.73. The molecule has 2 rings (SSSR count). The van der Waals surface area contributed by atoms with Crippen LogP contribution >= 0.6 is 27.5 Å². The summed E-state index contributed by atoms with van der Waals surface area (Å²) in [6.07, 6.45) is 3.69. The third kappa shape index (κ3) is 4.29. The molecule has 1 aromatic rings. The summed E-state index contributed by atoms with van der Waals surface area (Å²) in [5, 5.41) is 3.30. The maximum Gasteiger partial charge on any atom is 0.224 e. The van der Waals surface area contributed by atoms with Gasteiger partial charge in [-0.25, -0.2) is 0 Å². The molecule has 0 aliphatic heterocycles. The van der Waals surface area contributed by atoms with Gasteiger partial charge in [0.2, 0.25) is 5.91 Å². The van der Waals surface area contributed by atoms with Crippen LogP contribution in [0.15, 0.2) is 28.7 Å². The zero-order chi connectivity index (χ0) is 13.0. The number of carbonyl (C=O) groups is 1. The van der Waals surface area contributed by atoms with Gasteiger partial charge in [-0.05, 0) is 42.9 Å². The third-order valence-electron chi connectivity index (χ3n) is 3.34. The quantitative estimate of drug-likeness (QED) is 0.841. The van der Waals surface area contributed by atoms with Crippen LogP contribution in [0.25, 0.3) is 0 Å². The molecule has 2 unspecified atom stereocenters. The minimum Gasteiger partial charge on any atom is -0.356 e. The molecule has 1 saturated carbocycles. The fraction of sp³-hybridized carbons (Fsp3) is 0.500. The van der Waals surface area contributed by atoms with E-state index in [2.05, 4.69) is 21.2 Å². The van der Waals surface area contributed by atoms with Crippen molar-refractivity contribution in [2.75, 3.05) is 6.54 Å². The van der Waals surface area contributed by atoms with Crippen LogP contribution in [0.1, 0.15) is 24.8 Å². The molecule has 0 bridgehead atoms. The third-order valence-corrected chi connectivity index (χ3v) is 4.27. The van der Waals surface area contributed by atoms with E-state index in [0.717, 1.165) is 35.8 Å². The molecule has 2 nitrogen and oxygen atoms in total. The molecule has 0 saturated heterocycles. The zero-order valence-electron chi connectivity index (χ0n) is 10.2. The van der Waals surface area contributed by atoms with E-state index in [1.165, 1.54) is 0 Å². The predicted molar refractivity (Wildman–Crippen MR) is 77.8 cm³/mol. The van der Waals surface area contributed by atoms with E-state index in [9.17, 15) is 4.79 Å². The van der Waals surface area contributed by atoms with Crippen molar-refractivity contribution in [2.24, 2.45) is 5.92 Å². The van der Waals surface area contributed by atoms with Crippen molar-refractivity contribution in [3.05, 3.63) is 34.3 Å². The molecular weight excluding hydrogens is 314 g/mol. The highest BCUT2D eigenvalue weighted by Gasteiger charge is 2.22. The Morgan fingerprint density at radius 1 is 1.33 bits per heavy atom. The summed E-state index contributed by atoms with van der Waals surface area (Å²) < 4.78 is 1.03. The summed E-state index contributed by atoms with van der Waals surface area (Å²) in [5.41, 5.74) is 1.04. The highest BCUT2D eigenvalue weighted by atomic mass is 79.9. The van der Waals surface area contributed by atoms with Crippen LogP contribution in [-0.4, -0.2) is 17.8 Å². The second-order valence-corrected chi connectivity index (χ2v) is 6.42. The number of benzene rings is 1. The van der Waals surface area contributed by atoms with Crippen molar-refractivity contribution < 1.29 is 4.79 Å². The molecule has 98 valence electrons. The number of hydrogen-bond donors (Lipinski definition) is 1. The summed E-state index contributed by atoms with van der Waals surface area (Å²) in [7, 11) is 0. The molecule has 2 atom stereocenters. The summed E-state index contributed by atoms with van der Waals surface area (Å²) in [5.74, 6) is 0.650. The molecule has 0 aromatic heterocycles. The van der Waals surface area contributed by atoms with Gasteiger partial charge in [0.25, 0.3) is 0 Å². The van der Waals surface area contributed by atoms with Gasteiger partial charge in [0, 0.05) is 16.4 Å². The SMILES string of the molecule is O=C(Cc1ccc(Br)cc1)NCC1CCC(Cl)C1. The van der Waals surface area contributed by atoms with Gasteiger partial charge in [0.05, 0.1) is 6.42 Å². The lowest BCUT2D eigenvalue weighted by Gasteiger charge is -2.10. The summed E-state index contributed by atoms with van der Waals surface area (Å²) in [6.45, 7) is 0.762. The lowest BCUT2D eigenvalue weighted by Crippen LogP contribution is -2.29. The maximum atomic E-state index is 11.8. The second-order valence-electron chi connectivity index (χ2n) is 4.88. The molecule has 1 N–H and O–H groups in total. The van der Waals surface area contributed by atoms with Crippen LogP contribution in [0.2, 0.25) is 0 Å². The second kappa shape index (κ2) is 6.58. The molecule has 18 heavy (non-hydrogen) atoms. The number of hydrogen-bond acceptors (Lipinski definition) is 1. The van der Waals surface area contributed by atoms with Gasteiger partial charge in [-0.15, -0.1) is 11.6 Å². The normalized spacial score (nSPS) is 23.0. The summed E-state index contributed by atoms with van der Waals surface area (Å²) >= 11 is 9.43. The van der Waals surface area contributed by atoms with Crippen LogP contribution in [0.4, 0.5) is 0 Å². The van der Waals surface area contributed by atoms with E-state index in [4.69, 9.17) is 11.6 Å². The highest BCUT2D eigenvalue weighted by molar-refractivity contribution is 9.10. The molecule has 0 radical (unpaired) electrons. The van der Waals surface area contributed by atoms with Crippen LogP contribution in [0.3, 0.4) is 0 Å². The van der Waals surface area contributed by atoms with Crippen molar-refractivity contribution in [3.63, 3.8) is 0 Å². The fourth-order valence-corrected chi connectivity index (χ4v) is 2.95. The minimum absolute atomic E-state index is 0.0929. The zero-order valence-corrected chi connectivity index (χ0v) is 12.5. The van der Waals surface area contributed by atoms with Gasteiger partial charge >= 0.3 is 0 Å². The fourth-order valence-electron chi connectivity index (χ4n) is 2.31. The molecule has 4 heteroatoms. The van der Waals surface area contributed by atoms with E-state index in [-0.39, 0.29) is 5.91 Å². The van der Waals surface area contributed by atoms with E-state index in [1.807, 2.05) is 24.3 Å². The Kier molecular flexibility index (Phi) is 5.07. The number of carbonyl (C=O) groups excluding carboxylic acids is 1. The molecule has 0 spiro atoms. The molecule has 1 fully saturated rings. The van der Waals surface area contributed by atoms with Gasteiger partial charge < -0.3 is 5.32 Å². The molecule has 1 aromatic carbocycles. The number of nitrogens with one attached hydrogen (secondary N) is 1. The number of rotatable bonds is 4. The average molecular weight is 331 g/mol. The maximum absolute atomic E-state index is 11.8. The predicted octanol–water partition coefficient (Wildman–Crippen LogP) is 3.52. The number of amides is 1. The van der Waals surface area contributed by atoms with Crippen molar-refractivity contribution in [1.29, 1.82) is 0 Å². The summed E-state index contributed by atoms with van der Waals surface area (Å²) in [6, 6.07) is 7.84. The van der Waals surface area contributed by atoms with E-state index >= 15 is 0 Å². The Labute approximate surface area is 121 Å². The van der Waals surface area contributed by atoms with Crippen LogP contribution in [0, 0.1) is 5.92 Å². The topological polar surface area (TPSA) is 29.1 Å². The Morgan fingerprint density at radius 2 is 2.06 bits per heavy atom. The molecule has 1 amide bonds. The van der Waals surface area contributed by atoms with Crippen molar-refractivity contribution in [3.8, 4) is 0 Å². The molecule has 0 heterocycles. The first-order valence-corrected chi connectivity index (χ1v) is 7.51. The highest BCUT2D eigenvalue weighted by Crippen LogP contribution is 2.28. The van der Waals surface area contributed by atoms with Gasteiger partial charge in [-0.1, -0.05) is 28.1 Å². The van der Waals surface area contributed by atoms with Crippen LogP contribution in [0.5, 0.6) is 0 Å². The Morgan fingerprint density at radius 3 is 2.67 bits per heavy atom. The van der Waals surface area contributed by atoms with E-state index < -0.39 is 0 Å². The van der Waals surface area contributed by atoms with Crippen molar-refractivity contribution in [1.82, 2.24) is 5.32 Å². The van der Waals surface area contributed by atoms with Crippen LogP contribution in [-0.2, 0) is 11.2 Å². The smallest absolute Gasteiger partial charge is 0.224 e. The largest absolute Gasteiger partial charge is 0.356 e. The monoisotopic (exact) mass is 329 g/mol. The average Bonchev–Trinajstić information content (AvgIpc) is 2.76. The first-order chi connectivity index (χ1) is 8.63. The van der Waals surface area contributed by atoms with E-state index in [0.29, 0.717) is 17.7 Å². The number of alkyl halides is 1. The van der Waals surface area contributed by atoms with Gasteiger partial charge in [-0.2, -0.15) is 0 Å². The Bertz CT molecular complexity index is 407. The lowest BCUT2D eigenvalue weighted by molar-refractivity contribution is -0.120. The van der Waals surface area contributed by atoms with Crippen molar-refractivity contribution in [2.45, 2.75) is 31.1 Å². The van der Waals surface area contributed by atoms with Gasteiger partial charge in [0.15, 0.2) is 0 Å². The first-order valence-electron chi connectivity index (χ1n) is 6.28. The van der Waals surface area contributed by atoms with Crippen molar-refractivity contribution >= 4 is 33.4 Å². The molecule has 1 aliphatic carbocycles. The first kappa shape index (κ1) is 13.9. The lowest BCUT2D eigenvalue weighted by atomic mass is 10.1. The van der Waals surface area contributed by atoms with E-state index in [1.54, 1.807) is 0 Å². The number of halogens is 2. The minimum atomic E-state index is 0.0929. The Hall–Kier alpha value is -0.540. The molecule has 1 aliphatic rings.